The smallest absolute Gasteiger partial charge is 0.261 e. The Kier molecular flexibility index (Phi) is 8.42. The van der Waals surface area contributed by atoms with Crippen molar-refractivity contribution < 1.29 is 4.79 Å². The highest BCUT2D eigenvalue weighted by Gasteiger charge is 2.31. The number of rotatable bonds is 10. The summed E-state index contributed by atoms with van der Waals surface area (Å²) in [6, 6.07) is 24.9. The number of carbonyl (C=O) groups excluding carboxylic acids is 1. The Morgan fingerprint density at radius 1 is 0.974 bits per heavy atom. The summed E-state index contributed by atoms with van der Waals surface area (Å²) in [6.07, 6.45) is 2.24. The summed E-state index contributed by atoms with van der Waals surface area (Å²) >= 11 is 0. The molecule has 0 radical (unpaired) electrons. The minimum atomic E-state index is -0.269. The highest BCUT2D eigenvalue weighted by Crippen LogP contribution is 2.29. The number of benzene rings is 2. The molecule has 0 aliphatic heterocycles. The summed E-state index contributed by atoms with van der Waals surface area (Å²) in [4.78, 5) is 34.6. The lowest BCUT2D eigenvalue weighted by Crippen LogP contribution is -2.45. The van der Waals surface area contributed by atoms with Crippen LogP contribution in [0.2, 0.25) is 0 Å². The van der Waals surface area contributed by atoms with Gasteiger partial charge in [0.1, 0.15) is 5.65 Å². The molecule has 6 nitrogen and oxygen atoms in total. The molecule has 6 heteroatoms. The second-order valence-corrected chi connectivity index (χ2v) is 11.1. The van der Waals surface area contributed by atoms with Crippen LogP contribution in [0.5, 0.6) is 0 Å². The molecule has 2 N–H and O–H groups in total. The van der Waals surface area contributed by atoms with E-state index in [1.165, 1.54) is 0 Å². The van der Waals surface area contributed by atoms with E-state index in [0.29, 0.717) is 42.8 Å². The van der Waals surface area contributed by atoms with Gasteiger partial charge in [-0.05, 0) is 47.7 Å². The lowest BCUT2D eigenvalue weighted by Gasteiger charge is -2.36. The number of nitrogens with two attached hydrogens (primary N) is 1. The molecule has 2 heterocycles. The van der Waals surface area contributed by atoms with Gasteiger partial charge in [0.05, 0.1) is 5.69 Å². The fraction of sp³-hybridized carbons (Fsp3) is 0.344. The maximum absolute atomic E-state index is 13.8. The predicted molar refractivity (Wildman–Crippen MR) is 153 cm³/mol. The van der Waals surface area contributed by atoms with Gasteiger partial charge in [0, 0.05) is 42.8 Å². The lowest BCUT2D eigenvalue weighted by atomic mass is 9.86. The first kappa shape index (κ1) is 27.3. The van der Waals surface area contributed by atoms with Crippen LogP contribution in [-0.2, 0) is 6.42 Å². The molecule has 0 spiro atoms. The Bertz CT molecular complexity index is 1430. The maximum atomic E-state index is 13.8. The Hall–Kier alpha value is -3.77. The second-order valence-electron chi connectivity index (χ2n) is 11.1. The van der Waals surface area contributed by atoms with Crippen LogP contribution in [0.3, 0.4) is 0 Å². The molecule has 0 saturated heterocycles. The number of amides is 1. The normalized spacial score (nSPS) is 12.6. The molecule has 4 aromatic rings. The molecule has 0 bridgehead atoms. The van der Waals surface area contributed by atoms with Crippen molar-refractivity contribution in [2.24, 2.45) is 17.1 Å². The van der Waals surface area contributed by atoms with Crippen molar-refractivity contribution in [1.82, 2.24) is 14.3 Å². The van der Waals surface area contributed by atoms with Gasteiger partial charge in [0.2, 0.25) is 0 Å². The topological polar surface area (TPSA) is 80.7 Å². The first-order valence-electron chi connectivity index (χ1n) is 13.3. The van der Waals surface area contributed by atoms with Gasteiger partial charge in [0.25, 0.3) is 11.5 Å². The largest absolute Gasteiger partial charge is 0.337 e. The third kappa shape index (κ3) is 6.20. The monoisotopic (exact) mass is 510 g/mol. The Morgan fingerprint density at radius 3 is 2.24 bits per heavy atom. The molecular formula is C32H38N4O2. The summed E-state index contributed by atoms with van der Waals surface area (Å²) in [6.45, 7) is 9.80. The first-order valence-corrected chi connectivity index (χ1v) is 13.3. The summed E-state index contributed by atoms with van der Waals surface area (Å²) in [7, 11) is 0. The van der Waals surface area contributed by atoms with E-state index in [4.69, 9.17) is 10.7 Å². The molecule has 1 unspecified atom stereocenters. The zero-order valence-corrected chi connectivity index (χ0v) is 22.8. The second kappa shape index (κ2) is 11.7. The zero-order chi connectivity index (χ0) is 27.3. The van der Waals surface area contributed by atoms with E-state index in [9.17, 15) is 9.59 Å². The summed E-state index contributed by atoms with van der Waals surface area (Å²) in [5, 5.41) is 0. The van der Waals surface area contributed by atoms with Gasteiger partial charge in [-0.3, -0.25) is 14.0 Å². The van der Waals surface area contributed by atoms with Crippen molar-refractivity contribution in [2.45, 2.75) is 40.0 Å². The highest BCUT2D eigenvalue weighted by atomic mass is 16.2. The van der Waals surface area contributed by atoms with E-state index in [0.717, 1.165) is 11.3 Å². The number of nitrogens with zero attached hydrogens (tertiary/aromatic N) is 3. The van der Waals surface area contributed by atoms with Crippen molar-refractivity contribution in [2.75, 3.05) is 19.6 Å². The molecule has 0 aliphatic rings. The van der Waals surface area contributed by atoms with Gasteiger partial charge in [-0.15, -0.1) is 0 Å². The van der Waals surface area contributed by atoms with Gasteiger partial charge in [-0.25, -0.2) is 4.98 Å². The summed E-state index contributed by atoms with van der Waals surface area (Å²) < 4.78 is 1.61. The Balaban J connectivity index is 1.83. The average molecular weight is 511 g/mol. The molecule has 2 aromatic carbocycles. The molecule has 1 atom stereocenters. The zero-order valence-electron chi connectivity index (χ0n) is 22.8. The third-order valence-corrected chi connectivity index (χ3v) is 7.14. The maximum Gasteiger partial charge on any atom is 0.261 e. The minimum Gasteiger partial charge on any atom is -0.337 e. The van der Waals surface area contributed by atoms with Crippen LogP contribution >= 0.6 is 0 Å². The van der Waals surface area contributed by atoms with Crippen LogP contribution < -0.4 is 11.3 Å². The number of fused-ring (bicyclic) bond motifs is 1. The SMILES string of the molecule is CC(C)C(CN(CC(C)(C)CN)C(=O)c1ccccc1)c1nc2ccccn2c(=O)c1Cc1ccccc1. The number of aromatic nitrogens is 2. The van der Waals surface area contributed by atoms with Crippen molar-refractivity contribution in [1.29, 1.82) is 0 Å². The van der Waals surface area contributed by atoms with E-state index in [2.05, 4.69) is 27.7 Å². The molecule has 38 heavy (non-hydrogen) atoms. The summed E-state index contributed by atoms with van der Waals surface area (Å²) in [5.41, 5.74) is 9.48. The van der Waals surface area contributed by atoms with E-state index < -0.39 is 0 Å². The predicted octanol–water partition coefficient (Wildman–Crippen LogP) is 5.15. The van der Waals surface area contributed by atoms with Crippen molar-refractivity contribution in [3.05, 3.63) is 118 Å². The van der Waals surface area contributed by atoms with Crippen LogP contribution in [-0.4, -0.2) is 39.8 Å². The highest BCUT2D eigenvalue weighted by molar-refractivity contribution is 5.94. The number of hydrogen-bond acceptors (Lipinski definition) is 4. The fourth-order valence-corrected chi connectivity index (χ4v) is 4.83. The van der Waals surface area contributed by atoms with E-state index in [1.807, 2.05) is 83.8 Å². The first-order chi connectivity index (χ1) is 18.2. The van der Waals surface area contributed by atoms with Gasteiger partial charge in [-0.2, -0.15) is 0 Å². The molecule has 0 fully saturated rings. The van der Waals surface area contributed by atoms with Gasteiger partial charge >= 0.3 is 0 Å². The number of carbonyl (C=O) groups is 1. The molecule has 0 aliphatic carbocycles. The van der Waals surface area contributed by atoms with E-state index in [-0.39, 0.29) is 28.7 Å². The fourth-order valence-electron chi connectivity index (χ4n) is 4.83. The minimum absolute atomic E-state index is 0.0418. The van der Waals surface area contributed by atoms with Gasteiger partial charge in [0.15, 0.2) is 0 Å². The van der Waals surface area contributed by atoms with E-state index >= 15 is 0 Å². The van der Waals surface area contributed by atoms with Gasteiger partial charge in [-0.1, -0.05) is 82.3 Å². The molecule has 1 amide bonds. The lowest BCUT2D eigenvalue weighted by molar-refractivity contribution is 0.0663. The van der Waals surface area contributed by atoms with Crippen molar-refractivity contribution in [3.63, 3.8) is 0 Å². The summed E-state index contributed by atoms with van der Waals surface area (Å²) in [5.74, 6) is -0.0533. The van der Waals surface area contributed by atoms with E-state index in [1.54, 1.807) is 10.6 Å². The van der Waals surface area contributed by atoms with Crippen LogP contribution in [0.25, 0.3) is 5.65 Å². The molecule has 0 saturated carbocycles. The van der Waals surface area contributed by atoms with Crippen LogP contribution in [0.15, 0.2) is 89.9 Å². The average Bonchev–Trinajstić information content (AvgIpc) is 2.93. The van der Waals surface area contributed by atoms with Crippen LogP contribution in [0, 0.1) is 11.3 Å². The standard InChI is InChI=1S/C32H38N4O2/c1-23(2)27(20-35(22-32(3,4)21-33)30(37)25-15-9-6-10-16-25)29-26(19-24-13-7-5-8-14-24)31(38)36-18-12-11-17-28(36)34-29/h5-18,23,27H,19-22,33H2,1-4H3. The third-order valence-electron chi connectivity index (χ3n) is 7.14. The van der Waals surface area contributed by atoms with Gasteiger partial charge < -0.3 is 10.6 Å². The number of pyridine rings is 1. The molecule has 4 rings (SSSR count). The van der Waals surface area contributed by atoms with Crippen LogP contribution in [0.1, 0.15) is 60.8 Å². The number of hydrogen-bond donors (Lipinski definition) is 1. The molecule has 2 aromatic heterocycles. The van der Waals surface area contributed by atoms with Crippen molar-refractivity contribution in [3.8, 4) is 0 Å². The van der Waals surface area contributed by atoms with Crippen LogP contribution in [0.4, 0.5) is 0 Å². The van der Waals surface area contributed by atoms with Crippen molar-refractivity contribution >= 4 is 11.6 Å². The molecular weight excluding hydrogens is 472 g/mol. The molecule has 198 valence electrons. The Morgan fingerprint density at radius 2 is 1.61 bits per heavy atom. The quantitative estimate of drug-likeness (QED) is 0.320. The Labute approximate surface area is 225 Å².